The van der Waals surface area contributed by atoms with Crippen molar-refractivity contribution in [3.05, 3.63) is 33.9 Å². The van der Waals surface area contributed by atoms with Crippen LogP contribution in [0.25, 0.3) is 0 Å². The number of nitro benzene ring substituents is 1. The van der Waals surface area contributed by atoms with E-state index in [1.807, 2.05) is 0 Å². The highest BCUT2D eigenvalue weighted by atomic mass is 16.6. The SMILES string of the molecule is CC(C)NC(=O)C(C)OC(=O)c1cc([N+](=O)[O-])ccc1N. The summed E-state index contributed by atoms with van der Waals surface area (Å²) in [4.78, 5) is 33.6. The van der Waals surface area contributed by atoms with Gasteiger partial charge in [-0.2, -0.15) is 0 Å². The predicted octanol–water partition coefficient (Wildman–Crippen LogP) is 1.25. The Balaban J connectivity index is 2.87. The highest BCUT2D eigenvalue weighted by molar-refractivity contribution is 5.97. The van der Waals surface area contributed by atoms with Gasteiger partial charge in [-0.1, -0.05) is 0 Å². The van der Waals surface area contributed by atoms with Gasteiger partial charge in [0.25, 0.3) is 11.6 Å². The molecule has 114 valence electrons. The van der Waals surface area contributed by atoms with Crippen LogP contribution in [0.2, 0.25) is 0 Å². The van der Waals surface area contributed by atoms with Crippen LogP contribution in [0.1, 0.15) is 31.1 Å². The number of hydrogen-bond donors (Lipinski definition) is 2. The number of amides is 1. The molecule has 0 saturated heterocycles. The van der Waals surface area contributed by atoms with Gasteiger partial charge >= 0.3 is 5.97 Å². The van der Waals surface area contributed by atoms with Crippen LogP contribution in [-0.2, 0) is 9.53 Å². The number of esters is 1. The number of ether oxygens (including phenoxy) is 1. The minimum atomic E-state index is -1.03. The zero-order valence-corrected chi connectivity index (χ0v) is 12.0. The van der Waals surface area contributed by atoms with Crippen molar-refractivity contribution in [3.8, 4) is 0 Å². The van der Waals surface area contributed by atoms with Crippen LogP contribution < -0.4 is 11.1 Å². The average molecular weight is 295 g/mol. The van der Waals surface area contributed by atoms with Crippen LogP contribution >= 0.6 is 0 Å². The molecule has 8 heteroatoms. The summed E-state index contributed by atoms with van der Waals surface area (Å²) in [6.07, 6.45) is -1.03. The summed E-state index contributed by atoms with van der Waals surface area (Å²) in [6.45, 7) is 4.94. The molecule has 0 fully saturated rings. The number of anilines is 1. The van der Waals surface area contributed by atoms with Crippen molar-refractivity contribution < 1.29 is 19.2 Å². The molecule has 8 nitrogen and oxygen atoms in total. The van der Waals surface area contributed by atoms with Crippen LogP contribution in [0.3, 0.4) is 0 Å². The maximum Gasteiger partial charge on any atom is 0.341 e. The lowest BCUT2D eigenvalue weighted by Crippen LogP contribution is -2.39. The predicted molar refractivity (Wildman–Crippen MR) is 75.7 cm³/mol. The van der Waals surface area contributed by atoms with Crippen molar-refractivity contribution in [2.75, 3.05) is 5.73 Å². The van der Waals surface area contributed by atoms with Gasteiger partial charge in [0.1, 0.15) is 0 Å². The molecule has 21 heavy (non-hydrogen) atoms. The van der Waals surface area contributed by atoms with Crippen LogP contribution in [0.4, 0.5) is 11.4 Å². The van der Waals surface area contributed by atoms with E-state index in [9.17, 15) is 19.7 Å². The Bertz CT molecular complexity index is 571. The third-order valence-corrected chi connectivity index (χ3v) is 2.55. The lowest BCUT2D eigenvalue weighted by atomic mass is 10.1. The number of rotatable bonds is 5. The number of carbonyl (C=O) groups excluding carboxylic acids is 2. The molecule has 0 aliphatic rings. The van der Waals surface area contributed by atoms with E-state index in [-0.39, 0.29) is 23.0 Å². The van der Waals surface area contributed by atoms with E-state index in [2.05, 4.69) is 5.32 Å². The summed E-state index contributed by atoms with van der Waals surface area (Å²) in [6, 6.07) is 3.35. The molecule has 0 radical (unpaired) electrons. The Hall–Kier alpha value is -2.64. The topological polar surface area (TPSA) is 125 Å². The lowest BCUT2D eigenvalue weighted by molar-refractivity contribution is -0.384. The van der Waals surface area contributed by atoms with E-state index in [1.54, 1.807) is 13.8 Å². The van der Waals surface area contributed by atoms with Crippen LogP contribution in [-0.4, -0.2) is 28.9 Å². The van der Waals surface area contributed by atoms with Gasteiger partial charge in [-0.05, 0) is 26.8 Å². The Morgan fingerprint density at radius 1 is 1.33 bits per heavy atom. The number of nitrogens with zero attached hydrogens (tertiary/aromatic N) is 1. The number of hydrogen-bond acceptors (Lipinski definition) is 6. The third kappa shape index (κ3) is 4.44. The lowest BCUT2D eigenvalue weighted by Gasteiger charge is -2.15. The number of nitrogens with two attached hydrogens (primary N) is 1. The molecule has 0 aliphatic carbocycles. The van der Waals surface area contributed by atoms with Gasteiger partial charge in [0.05, 0.1) is 10.5 Å². The van der Waals surface area contributed by atoms with Gasteiger partial charge in [0.2, 0.25) is 0 Å². The number of nitrogen functional groups attached to an aromatic ring is 1. The van der Waals surface area contributed by atoms with Gasteiger partial charge in [0.15, 0.2) is 6.10 Å². The van der Waals surface area contributed by atoms with Gasteiger partial charge in [-0.15, -0.1) is 0 Å². The normalized spacial score (nSPS) is 11.8. The summed E-state index contributed by atoms with van der Waals surface area (Å²) >= 11 is 0. The van der Waals surface area contributed by atoms with Crippen LogP contribution in [0.15, 0.2) is 18.2 Å². The third-order valence-electron chi connectivity index (χ3n) is 2.55. The summed E-state index contributed by atoms with van der Waals surface area (Å²) < 4.78 is 4.96. The van der Waals surface area contributed by atoms with Crippen molar-refractivity contribution in [2.24, 2.45) is 0 Å². The molecule has 1 rings (SSSR count). The zero-order chi connectivity index (χ0) is 16.2. The molecular formula is C13H17N3O5. The fourth-order valence-electron chi connectivity index (χ4n) is 1.51. The van der Waals surface area contributed by atoms with E-state index >= 15 is 0 Å². The monoisotopic (exact) mass is 295 g/mol. The first kappa shape index (κ1) is 16.4. The van der Waals surface area contributed by atoms with E-state index in [4.69, 9.17) is 10.5 Å². The second-order valence-corrected chi connectivity index (χ2v) is 4.74. The highest BCUT2D eigenvalue weighted by Crippen LogP contribution is 2.20. The maximum atomic E-state index is 11.9. The second-order valence-electron chi connectivity index (χ2n) is 4.74. The smallest absolute Gasteiger partial charge is 0.341 e. The molecule has 1 unspecified atom stereocenters. The van der Waals surface area contributed by atoms with Crippen molar-refractivity contribution >= 4 is 23.3 Å². The highest BCUT2D eigenvalue weighted by Gasteiger charge is 2.22. The molecule has 1 aromatic rings. The first-order valence-electron chi connectivity index (χ1n) is 6.27. The van der Waals surface area contributed by atoms with E-state index in [0.29, 0.717) is 0 Å². The standard InChI is InChI=1S/C13H17N3O5/c1-7(2)15-12(17)8(3)21-13(18)10-6-9(16(19)20)4-5-11(10)14/h4-8H,14H2,1-3H3,(H,15,17). The fourth-order valence-corrected chi connectivity index (χ4v) is 1.51. The molecule has 0 bridgehead atoms. The van der Waals surface area contributed by atoms with Gasteiger partial charge < -0.3 is 15.8 Å². The summed E-state index contributed by atoms with van der Waals surface area (Å²) in [5.41, 5.74) is 5.22. The van der Waals surface area contributed by atoms with E-state index in [1.165, 1.54) is 19.1 Å². The summed E-state index contributed by atoms with van der Waals surface area (Å²) in [5.74, 6) is -1.34. The van der Waals surface area contributed by atoms with Crippen molar-refractivity contribution in [1.82, 2.24) is 5.32 Å². The quantitative estimate of drug-likeness (QED) is 0.364. The van der Waals surface area contributed by atoms with Crippen molar-refractivity contribution in [2.45, 2.75) is 32.9 Å². The first-order valence-corrected chi connectivity index (χ1v) is 6.27. The van der Waals surface area contributed by atoms with Gasteiger partial charge in [0, 0.05) is 23.9 Å². The molecule has 1 amide bonds. The van der Waals surface area contributed by atoms with Crippen LogP contribution in [0, 0.1) is 10.1 Å². The number of nitrogens with one attached hydrogen (secondary N) is 1. The minimum absolute atomic E-state index is 0.0436. The second kappa shape index (κ2) is 6.69. The Labute approximate surface area is 121 Å². The molecule has 0 aromatic heterocycles. The largest absolute Gasteiger partial charge is 0.449 e. The van der Waals surface area contributed by atoms with E-state index in [0.717, 1.165) is 6.07 Å². The van der Waals surface area contributed by atoms with Gasteiger partial charge in [-0.3, -0.25) is 14.9 Å². The van der Waals surface area contributed by atoms with E-state index < -0.39 is 22.9 Å². The molecule has 0 spiro atoms. The Morgan fingerprint density at radius 2 is 1.95 bits per heavy atom. The number of non-ortho nitro benzene ring substituents is 1. The maximum absolute atomic E-state index is 11.9. The summed E-state index contributed by atoms with van der Waals surface area (Å²) in [5, 5.41) is 13.3. The fraction of sp³-hybridized carbons (Fsp3) is 0.385. The van der Waals surface area contributed by atoms with Crippen molar-refractivity contribution in [3.63, 3.8) is 0 Å². The molecule has 1 aromatic carbocycles. The Morgan fingerprint density at radius 3 is 2.48 bits per heavy atom. The summed E-state index contributed by atoms with van der Waals surface area (Å²) in [7, 11) is 0. The first-order chi connectivity index (χ1) is 9.72. The minimum Gasteiger partial charge on any atom is -0.449 e. The van der Waals surface area contributed by atoms with Gasteiger partial charge in [-0.25, -0.2) is 4.79 Å². The van der Waals surface area contributed by atoms with Crippen LogP contribution in [0.5, 0.6) is 0 Å². The molecular weight excluding hydrogens is 278 g/mol. The molecule has 3 N–H and O–H groups in total. The molecule has 0 aliphatic heterocycles. The number of benzene rings is 1. The molecule has 1 atom stereocenters. The average Bonchev–Trinajstić information content (AvgIpc) is 2.37. The molecule has 0 heterocycles. The Kier molecular flexibility index (Phi) is 5.23. The zero-order valence-electron chi connectivity index (χ0n) is 12.0. The van der Waals surface area contributed by atoms with Crippen molar-refractivity contribution in [1.29, 1.82) is 0 Å². The number of nitro groups is 1. The molecule has 0 saturated carbocycles. The number of carbonyl (C=O) groups is 2.